The summed E-state index contributed by atoms with van der Waals surface area (Å²) in [6.45, 7) is 0. The highest BCUT2D eigenvalue weighted by Gasteiger charge is 2.00. The van der Waals surface area contributed by atoms with Gasteiger partial charge in [0.05, 0.1) is 5.69 Å². The van der Waals surface area contributed by atoms with E-state index in [0.29, 0.717) is 5.69 Å². The average Bonchev–Trinajstić information content (AvgIpc) is 2.22. The summed E-state index contributed by atoms with van der Waals surface area (Å²) in [4.78, 5) is 0. The molecule has 0 fully saturated rings. The molecular weight excluding hydrogens is 291 g/mol. The Hall–Kier alpha value is -1.47. The van der Waals surface area contributed by atoms with Crippen LogP contribution in [0.2, 0.25) is 0 Å². The minimum Gasteiger partial charge on any atom is -0.195 e. The second-order valence-electron chi connectivity index (χ2n) is 2.35. The Bertz CT molecular complexity index is 396. The van der Waals surface area contributed by atoms with Crippen molar-refractivity contribution in [2.75, 3.05) is 0 Å². The fraction of sp³-hybridized carbons (Fsp3) is 0.111. The molecule has 0 aromatic heterocycles. The van der Waals surface area contributed by atoms with Crippen LogP contribution in [0.25, 0.3) is 0 Å². The molecule has 68 valence electrons. The lowest BCUT2D eigenvalue weighted by molar-refractivity contribution is 0.949. The van der Waals surface area contributed by atoms with Gasteiger partial charge in [0.1, 0.15) is 12.1 Å². The van der Waals surface area contributed by atoms with Gasteiger partial charge in [-0.05, 0) is 46.9 Å². The van der Waals surface area contributed by atoms with Gasteiger partial charge >= 0.3 is 0 Å². The molecule has 0 amide bonds. The van der Waals surface area contributed by atoms with Crippen LogP contribution in [0.3, 0.4) is 0 Å². The van der Waals surface area contributed by atoms with Gasteiger partial charge in [-0.25, -0.2) is 0 Å². The lowest BCUT2D eigenvalue weighted by atomic mass is 10.3. The first-order valence-electron chi connectivity index (χ1n) is 3.72. The van der Waals surface area contributed by atoms with E-state index in [9.17, 15) is 0 Å². The standard InChI is InChI=1S/C9H5IN4/c10-7-1-3-8(4-2-7)13-14-9(5-11)6-12/h1-4,9H. The minimum atomic E-state index is -1.02. The number of nitriles is 2. The Kier molecular flexibility index (Phi) is 4.02. The maximum absolute atomic E-state index is 8.42. The van der Waals surface area contributed by atoms with E-state index < -0.39 is 6.04 Å². The summed E-state index contributed by atoms with van der Waals surface area (Å²) < 4.78 is 1.10. The molecule has 1 aromatic carbocycles. The van der Waals surface area contributed by atoms with Crippen molar-refractivity contribution in [3.8, 4) is 12.1 Å². The molecule has 0 unspecified atom stereocenters. The second kappa shape index (κ2) is 5.30. The van der Waals surface area contributed by atoms with Crippen molar-refractivity contribution in [2.45, 2.75) is 6.04 Å². The molecule has 0 atom stereocenters. The summed E-state index contributed by atoms with van der Waals surface area (Å²) in [6, 6.07) is 9.71. The molecule has 0 N–H and O–H groups in total. The van der Waals surface area contributed by atoms with Gasteiger partial charge in [-0.15, -0.1) is 0 Å². The van der Waals surface area contributed by atoms with Gasteiger partial charge in [-0.1, -0.05) is 0 Å². The highest BCUT2D eigenvalue weighted by molar-refractivity contribution is 14.1. The van der Waals surface area contributed by atoms with Crippen LogP contribution in [-0.4, -0.2) is 6.04 Å². The Labute approximate surface area is 95.0 Å². The Morgan fingerprint density at radius 2 is 1.71 bits per heavy atom. The van der Waals surface area contributed by atoms with Gasteiger partial charge in [0.2, 0.25) is 6.04 Å². The molecule has 1 rings (SSSR count). The summed E-state index contributed by atoms with van der Waals surface area (Å²) >= 11 is 2.18. The van der Waals surface area contributed by atoms with E-state index in [2.05, 4.69) is 32.8 Å². The summed E-state index contributed by atoms with van der Waals surface area (Å²) in [5.41, 5.74) is 0.640. The van der Waals surface area contributed by atoms with Gasteiger partial charge in [-0.3, -0.25) is 0 Å². The maximum Gasteiger partial charge on any atom is 0.242 e. The fourth-order valence-electron chi connectivity index (χ4n) is 0.713. The van der Waals surface area contributed by atoms with Crippen molar-refractivity contribution in [3.63, 3.8) is 0 Å². The van der Waals surface area contributed by atoms with Gasteiger partial charge in [0, 0.05) is 3.57 Å². The molecule has 0 radical (unpaired) electrons. The Morgan fingerprint density at radius 1 is 1.14 bits per heavy atom. The number of azo groups is 1. The summed E-state index contributed by atoms with van der Waals surface area (Å²) in [5.74, 6) is 0. The highest BCUT2D eigenvalue weighted by Crippen LogP contribution is 2.14. The molecule has 0 aliphatic carbocycles. The van der Waals surface area contributed by atoms with Crippen LogP contribution in [0.1, 0.15) is 0 Å². The van der Waals surface area contributed by atoms with E-state index in [-0.39, 0.29) is 0 Å². The lowest BCUT2D eigenvalue weighted by Gasteiger charge is -1.92. The quantitative estimate of drug-likeness (QED) is 0.621. The molecule has 0 saturated carbocycles. The summed E-state index contributed by atoms with van der Waals surface area (Å²) in [6.07, 6.45) is 0. The van der Waals surface area contributed by atoms with E-state index in [1.807, 2.05) is 12.1 Å². The van der Waals surface area contributed by atoms with Gasteiger partial charge in [-0.2, -0.15) is 20.8 Å². The topological polar surface area (TPSA) is 72.3 Å². The number of hydrogen-bond donors (Lipinski definition) is 0. The molecule has 0 heterocycles. The molecule has 0 saturated heterocycles. The molecule has 5 heteroatoms. The minimum absolute atomic E-state index is 0.640. The molecule has 14 heavy (non-hydrogen) atoms. The number of halogens is 1. The predicted molar refractivity (Wildman–Crippen MR) is 58.7 cm³/mol. The zero-order valence-electron chi connectivity index (χ0n) is 7.05. The van der Waals surface area contributed by atoms with Crippen LogP contribution in [0.4, 0.5) is 5.69 Å². The third-order valence-electron chi connectivity index (χ3n) is 1.36. The van der Waals surface area contributed by atoms with E-state index in [0.717, 1.165) is 3.57 Å². The zero-order chi connectivity index (χ0) is 10.4. The lowest BCUT2D eigenvalue weighted by Crippen LogP contribution is -1.92. The highest BCUT2D eigenvalue weighted by atomic mass is 127. The van der Waals surface area contributed by atoms with Crippen LogP contribution in [0.15, 0.2) is 34.5 Å². The molecular formula is C9H5IN4. The number of rotatable bonds is 2. The van der Waals surface area contributed by atoms with E-state index in [1.54, 1.807) is 24.3 Å². The average molecular weight is 296 g/mol. The second-order valence-corrected chi connectivity index (χ2v) is 3.60. The SMILES string of the molecule is N#CC(C#N)N=Nc1ccc(I)cc1. The summed E-state index contributed by atoms with van der Waals surface area (Å²) in [5, 5.41) is 24.2. The van der Waals surface area contributed by atoms with Crippen LogP contribution in [0.5, 0.6) is 0 Å². The molecule has 0 bridgehead atoms. The number of nitrogens with zero attached hydrogens (tertiary/aromatic N) is 4. The largest absolute Gasteiger partial charge is 0.242 e. The first kappa shape index (κ1) is 10.6. The third kappa shape index (κ3) is 3.11. The Morgan fingerprint density at radius 3 is 2.21 bits per heavy atom. The first-order valence-corrected chi connectivity index (χ1v) is 4.80. The van der Waals surface area contributed by atoms with Crippen molar-refractivity contribution in [1.29, 1.82) is 10.5 Å². The predicted octanol–water partition coefficient (Wildman–Crippen LogP) is 2.79. The normalized spacial score (nSPS) is 10.0. The van der Waals surface area contributed by atoms with Crippen LogP contribution < -0.4 is 0 Å². The third-order valence-corrected chi connectivity index (χ3v) is 2.08. The van der Waals surface area contributed by atoms with Crippen molar-refractivity contribution in [1.82, 2.24) is 0 Å². The molecule has 0 aliphatic rings. The smallest absolute Gasteiger partial charge is 0.195 e. The monoisotopic (exact) mass is 296 g/mol. The van der Waals surface area contributed by atoms with Crippen LogP contribution >= 0.6 is 22.6 Å². The van der Waals surface area contributed by atoms with Crippen molar-refractivity contribution in [3.05, 3.63) is 27.8 Å². The Balaban J connectivity index is 2.75. The van der Waals surface area contributed by atoms with E-state index in [4.69, 9.17) is 10.5 Å². The van der Waals surface area contributed by atoms with Gasteiger partial charge in [0.25, 0.3) is 0 Å². The van der Waals surface area contributed by atoms with E-state index >= 15 is 0 Å². The van der Waals surface area contributed by atoms with Crippen LogP contribution in [0, 0.1) is 26.2 Å². The molecule has 0 spiro atoms. The number of hydrogen-bond acceptors (Lipinski definition) is 4. The van der Waals surface area contributed by atoms with Crippen molar-refractivity contribution < 1.29 is 0 Å². The molecule has 4 nitrogen and oxygen atoms in total. The summed E-state index contributed by atoms with van der Waals surface area (Å²) in [7, 11) is 0. The zero-order valence-corrected chi connectivity index (χ0v) is 9.21. The molecule has 0 aliphatic heterocycles. The van der Waals surface area contributed by atoms with Gasteiger partial charge in [0.15, 0.2) is 0 Å². The number of benzene rings is 1. The van der Waals surface area contributed by atoms with Gasteiger partial charge < -0.3 is 0 Å². The first-order chi connectivity index (χ1) is 6.76. The van der Waals surface area contributed by atoms with Crippen molar-refractivity contribution >= 4 is 28.3 Å². The fourth-order valence-corrected chi connectivity index (χ4v) is 1.07. The maximum atomic E-state index is 8.42. The van der Waals surface area contributed by atoms with Crippen LogP contribution in [-0.2, 0) is 0 Å². The van der Waals surface area contributed by atoms with Crippen molar-refractivity contribution in [2.24, 2.45) is 10.2 Å². The molecule has 1 aromatic rings. The van der Waals surface area contributed by atoms with E-state index in [1.165, 1.54) is 0 Å².